The molecule has 0 spiro atoms. The maximum Gasteiger partial charge on any atom is 0.107 e. The minimum absolute atomic E-state index is 0.380. The Balaban J connectivity index is 1.79. The summed E-state index contributed by atoms with van der Waals surface area (Å²) in [6.07, 6.45) is 5.69. The summed E-state index contributed by atoms with van der Waals surface area (Å²) in [7, 11) is 2.12. The quantitative estimate of drug-likeness (QED) is 0.857. The summed E-state index contributed by atoms with van der Waals surface area (Å²) in [6, 6.07) is 5.88. The van der Waals surface area contributed by atoms with Gasteiger partial charge >= 0.3 is 0 Å². The number of halogens is 1. The summed E-state index contributed by atoms with van der Waals surface area (Å²) < 4.78 is 0. The van der Waals surface area contributed by atoms with Crippen molar-refractivity contribution in [3.8, 4) is 0 Å². The van der Waals surface area contributed by atoms with Gasteiger partial charge in [0.2, 0.25) is 0 Å². The number of nitrogens with two attached hydrogens (primary N) is 1. The maximum atomic E-state index is 6.25. The standard InChI is InChI=1S/C16H21ClN2S/c1-19(9-12-8-10-5-6-11(12)7-10)14-4-2-3-13(17)15(14)16(18)20/h2-4,10-12H,5-9H2,1H3,(H2,18,20). The zero-order valence-corrected chi connectivity index (χ0v) is 13.4. The van der Waals surface area contributed by atoms with Crippen molar-refractivity contribution in [2.45, 2.75) is 25.7 Å². The third kappa shape index (κ3) is 2.53. The third-order valence-corrected chi connectivity index (χ3v) is 5.56. The predicted molar refractivity (Wildman–Crippen MR) is 89.5 cm³/mol. The van der Waals surface area contributed by atoms with Crippen molar-refractivity contribution >= 4 is 34.5 Å². The number of thiocarbonyl (C=S) groups is 1. The molecule has 108 valence electrons. The van der Waals surface area contributed by atoms with Crippen LogP contribution in [0.2, 0.25) is 5.02 Å². The average molecular weight is 309 g/mol. The van der Waals surface area contributed by atoms with Crippen LogP contribution in [-0.4, -0.2) is 18.6 Å². The first-order chi connectivity index (χ1) is 9.56. The molecular weight excluding hydrogens is 288 g/mol. The summed E-state index contributed by atoms with van der Waals surface area (Å²) in [5, 5.41) is 0.648. The molecule has 2 nitrogen and oxygen atoms in total. The first-order valence-electron chi connectivity index (χ1n) is 7.35. The Hall–Kier alpha value is -0.800. The molecule has 20 heavy (non-hydrogen) atoms. The number of benzene rings is 1. The number of hydrogen-bond acceptors (Lipinski definition) is 2. The van der Waals surface area contributed by atoms with Gasteiger partial charge in [0.05, 0.1) is 10.6 Å². The largest absolute Gasteiger partial charge is 0.389 e. The molecule has 2 aliphatic rings. The van der Waals surface area contributed by atoms with Crippen LogP contribution in [0, 0.1) is 17.8 Å². The number of hydrogen-bond donors (Lipinski definition) is 1. The lowest BCUT2D eigenvalue weighted by Crippen LogP contribution is -2.30. The van der Waals surface area contributed by atoms with Crippen molar-refractivity contribution in [3.05, 3.63) is 28.8 Å². The second-order valence-corrected chi connectivity index (χ2v) is 7.16. The van der Waals surface area contributed by atoms with Gasteiger partial charge in [-0.3, -0.25) is 0 Å². The molecule has 0 radical (unpaired) electrons. The maximum absolute atomic E-state index is 6.25. The Bertz CT molecular complexity index is 531. The fourth-order valence-corrected chi connectivity index (χ4v) is 4.67. The smallest absolute Gasteiger partial charge is 0.107 e. The molecule has 2 aliphatic carbocycles. The minimum atomic E-state index is 0.380. The topological polar surface area (TPSA) is 29.3 Å². The molecule has 3 rings (SSSR count). The average Bonchev–Trinajstić information content (AvgIpc) is 3.00. The summed E-state index contributed by atoms with van der Waals surface area (Å²) in [4.78, 5) is 2.66. The minimum Gasteiger partial charge on any atom is -0.389 e. The van der Waals surface area contributed by atoms with Crippen molar-refractivity contribution in [1.82, 2.24) is 0 Å². The predicted octanol–water partition coefficient (Wildman–Crippen LogP) is 3.85. The molecule has 0 aliphatic heterocycles. The van der Waals surface area contributed by atoms with Crippen LogP contribution >= 0.6 is 23.8 Å². The van der Waals surface area contributed by atoms with Crippen LogP contribution in [-0.2, 0) is 0 Å². The molecule has 2 bridgehead atoms. The fraction of sp³-hybridized carbons (Fsp3) is 0.562. The lowest BCUT2D eigenvalue weighted by atomic mass is 9.88. The highest BCUT2D eigenvalue weighted by Crippen LogP contribution is 2.48. The van der Waals surface area contributed by atoms with Crippen LogP contribution in [0.1, 0.15) is 31.2 Å². The molecule has 3 atom stereocenters. The van der Waals surface area contributed by atoms with Gasteiger partial charge in [0.1, 0.15) is 4.99 Å². The molecule has 0 saturated heterocycles. The molecule has 3 unspecified atom stereocenters. The summed E-state index contributed by atoms with van der Waals surface area (Å²) >= 11 is 11.4. The van der Waals surface area contributed by atoms with Crippen LogP contribution in [0.3, 0.4) is 0 Å². The van der Waals surface area contributed by atoms with Gasteiger partial charge in [-0.2, -0.15) is 0 Å². The summed E-state index contributed by atoms with van der Waals surface area (Å²) in [6.45, 7) is 1.08. The van der Waals surface area contributed by atoms with E-state index in [1.54, 1.807) is 0 Å². The van der Waals surface area contributed by atoms with Gasteiger partial charge in [0, 0.05) is 19.3 Å². The van der Waals surface area contributed by atoms with Gasteiger partial charge in [-0.15, -0.1) is 0 Å². The molecule has 1 aromatic rings. The van der Waals surface area contributed by atoms with Crippen molar-refractivity contribution in [2.75, 3.05) is 18.5 Å². The van der Waals surface area contributed by atoms with Crippen LogP contribution in [0.4, 0.5) is 5.69 Å². The van der Waals surface area contributed by atoms with Gasteiger partial charge in [-0.1, -0.05) is 36.3 Å². The van der Waals surface area contributed by atoms with E-state index in [-0.39, 0.29) is 0 Å². The lowest BCUT2D eigenvalue weighted by Gasteiger charge is -2.30. The first kappa shape index (κ1) is 14.2. The van der Waals surface area contributed by atoms with Gasteiger partial charge in [-0.05, 0) is 49.1 Å². The Labute approximate surface area is 131 Å². The zero-order valence-electron chi connectivity index (χ0n) is 11.8. The highest BCUT2D eigenvalue weighted by molar-refractivity contribution is 7.80. The molecule has 0 aromatic heterocycles. The van der Waals surface area contributed by atoms with E-state index < -0.39 is 0 Å². The van der Waals surface area contributed by atoms with E-state index in [0.29, 0.717) is 10.0 Å². The molecule has 2 fully saturated rings. The molecule has 2 N–H and O–H groups in total. The van der Waals surface area contributed by atoms with Crippen molar-refractivity contribution < 1.29 is 0 Å². The van der Waals surface area contributed by atoms with Crippen LogP contribution in [0.25, 0.3) is 0 Å². The van der Waals surface area contributed by atoms with E-state index >= 15 is 0 Å². The number of fused-ring (bicyclic) bond motifs is 2. The molecule has 2 saturated carbocycles. The van der Waals surface area contributed by atoms with Crippen molar-refractivity contribution in [2.24, 2.45) is 23.5 Å². The molecule has 0 heterocycles. The van der Waals surface area contributed by atoms with Crippen LogP contribution in [0.15, 0.2) is 18.2 Å². The van der Waals surface area contributed by atoms with Gasteiger partial charge in [0.15, 0.2) is 0 Å². The number of anilines is 1. The highest BCUT2D eigenvalue weighted by atomic mass is 35.5. The third-order valence-electron chi connectivity index (χ3n) is 5.04. The fourth-order valence-electron chi connectivity index (χ4n) is 4.12. The van der Waals surface area contributed by atoms with Gasteiger partial charge in [0.25, 0.3) is 0 Å². The Morgan fingerprint density at radius 2 is 2.20 bits per heavy atom. The van der Waals surface area contributed by atoms with Gasteiger partial charge < -0.3 is 10.6 Å². The Morgan fingerprint density at radius 3 is 2.80 bits per heavy atom. The van der Waals surface area contributed by atoms with E-state index in [1.165, 1.54) is 25.7 Å². The molecular formula is C16H21ClN2S. The van der Waals surface area contributed by atoms with E-state index in [9.17, 15) is 0 Å². The van der Waals surface area contributed by atoms with E-state index in [2.05, 4.69) is 18.0 Å². The number of rotatable bonds is 4. The molecule has 0 amide bonds. The van der Waals surface area contributed by atoms with E-state index in [4.69, 9.17) is 29.6 Å². The van der Waals surface area contributed by atoms with Crippen LogP contribution in [0.5, 0.6) is 0 Å². The Kier molecular flexibility index (Phi) is 3.91. The highest BCUT2D eigenvalue weighted by Gasteiger charge is 2.39. The second-order valence-electron chi connectivity index (χ2n) is 6.31. The second kappa shape index (κ2) is 5.53. The SMILES string of the molecule is CN(CC1CC2CCC1C2)c1cccc(Cl)c1C(N)=S. The van der Waals surface area contributed by atoms with Crippen molar-refractivity contribution in [1.29, 1.82) is 0 Å². The Morgan fingerprint density at radius 1 is 1.40 bits per heavy atom. The van der Waals surface area contributed by atoms with Gasteiger partial charge in [-0.25, -0.2) is 0 Å². The first-order valence-corrected chi connectivity index (χ1v) is 8.14. The van der Waals surface area contributed by atoms with E-state index in [1.807, 2.05) is 12.1 Å². The molecule has 4 heteroatoms. The zero-order chi connectivity index (χ0) is 14.3. The monoisotopic (exact) mass is 308 g/mol. The summed E-state index contributed by atoms with van der Waals surface area (Å²) in [5.41, 5.74) is 7.72. The lowest BCUT2D eigenvalue weighted by molar-refractivity contribution is 0.337. The van der Waals surface area contributed by atoms with Crippen molar-refractivity contribution in [3.63, 3.8) is 0 Å². The normalized spacial score (nSPS) is 27.8. The van der Waals surface area contributed by atoms with Crippen LogP contribution < -0.4 is 10.6 Å². The number of nitrogens with zero attached hydrogens (tertiary/aromatic N) is 1. The van der Waals surface area contributed by atoms with E-state index in [0.717, 1.165) is 35.5 Å². The summed E-state index contributed by atoms with van der Waals surface area (Å²) in [5.74, 6) is 2.72. The molecule has 1 aromatic carbocycles.